The van der Waals surface area contributed by atoms with Crippen molar-refractivity contribution in [1.82, 2.24) is 0 Å². The summed E-state index contributed by atoms with van der Waals surface area (Å²) in [5, 5.41) is 5.37. The molecule has 176 valence electrons. The minimum Gasteiger partial charge on any atom is -0.457 e. The highest BCUT2D eigenvalue weighted by Gasteiger charge is 2.11. The SMILES string of the molecule is Cc1ccc(NC(=O)COC(=O)CCC(=O)Nc2ccc(Oc3c(C)cccc3C)cc2)cc1. The van der Waals surface area contributed by atoms with Gasteiger partial charge in [0.15, 0.2) is 6.61 Å². The summed E-state index contributed by atoms with van der Waals surface area (Å²) in [5.74, 6) is 0.0779. The van der Waals surface area contributed by atoms with E-state index in [1.807, 2.05) is 51.1 Å². The fraction of sp³-hybridized carbons (Fsp3) is 0.222. The van der Waals surface area contributed by atoms with Gasteiger partial charge in [-0.25, -0.2) is 0 Å². The lowest BCUT2D eigenvalue weighted by Gasteiger charge is -2.12. The minimum atomic E-state index is -0.619. The summed E-state index contributed by atoms with van der Waals surface area (Å²) in [5.41, 5.74) is 4.36. The highest BCUT2D eigenvalue weighted by Crippen LogP contribution is 2.29. The molecular weight excluding hydrogens is 432 g/mol. The van der Waals surface area contributed by atoms with Crippen LogP contribution in [-0.2, 0) is 19.1 Å². The fourth-order valence-electron chi connectivity index (χ4n) is 3.18. The van der Waals surface area contributed by atoms with E-state index in [1.54, 1.807) is 36.4 Å². The first-order chi connectivity index (χ1) is 16.3. The molecule has 0 spiro atoms. The fourth-order valence-corrected chi connectivity index (χ4v) is 3.18. The molecule has 2 amide bonds. The Morgan fingerprint density at radius 1 is 0.706 bits per heavy atom. The number of para-hydroxylation sites is 1. The number of carbonyl (C=O) groups is 3. The van der Waals surface area contributed by atoms with Crippen molar-refractivity contribution in [3.63, 3.8) is 0 Å². The summed E-state index contributed by atoms with van der Waals surface area (Å²) < 4.78 is 10.9. The van der Waals surface area contributed by atoms with Crippen LogP contribution < -0.4 is 15.4 Å². The summed E-state index contributed by atoms with van der Waals surface area (Å²) in [6.45, 7) is 5.51. The molecule has 3 aromatic rings. The van der Waals surface area contributed by atoms with E-state index in [0.29, 0.717) is 17.1 Å². The summed E-state index contributed by atoms with van der Waals surface area (Å²) in [4.78, 5) is 35.9. The highest BCUT2D eigenvalue weighted by atomic mass is 16.5. The van der Waals surface area contributed by atoms with Crippen LogP contribution in [0.15, 0.2) is 66.7 Å². The normalized spacial score (nSPS) is 10.3. The number of aryl methyl sites for hydroxylation is 3. The molecular formula is C27H28N2O5. The van der Waals surface area contributed by atoms with Crippen molar-refractivity contribution in [3.8, 4) is 11.5 Å². The van der Waals surface area contributed by atoms with Gasteiger partial charge in [0.1, 0.15) is 11.5 Å². The molecule has 34 heavy (non-hydrogen) atoms. The van der Waals surface area contributed by atoms with E-state index < -0.39 is 18.5 Å². The Balaban J connectivity index is 1.39. The molecule has 7 heteroatoms. The number of rotatable bonds is 9. The lowest BCUT2D eigenvalue weighted by atomic mass is 10.1. The Morgan fingerprint density at radius 3 is 1.88 bits per heavy atom. The number of anilines is 2. The van der Waals surface area contributed by atoms with E-state index in [0.717, 1.165) is 22.4 Å². The third kappa shape index (κ3) is 7.48. The maximum atomic E-state index is 12.2. The van der Waals surface area contributed by atoms with E-state index in [9.17, 15) is 14.4 Å². The van der Waals surface area contributed by atoms with Gasteiger partial charge in [-0.3, -0.25) is 14.4 Å². The van der Waals surface area contributed by atoms with Crippen molar-refractivity contribution in [2.45, 2.75) is 33.6 Å². The smallest absolute Gasteiger partial charge is 0.306 e. The second-order valence-corrected chi connectivity index (χ2v) is 7.97. The van der Waals surface area contributed by atoms with E-state index in [4.69, 9.17) is 9.47 Å². The number of ether oxygens (including phenoxy) is 2. The van der Waals surface area contributed by atoms with Crippen molar-refractivity contribution in [2.75, 3.05) is 17.2 Å². The Morgan fingerprint density at radius 2 is 1.26 bits per heavy atom. The number of benzene rings is 3. The van der Waals surface area contributed by atoms with Crippen molar-refractivity contribution in [1.29, 1.82) is 0 Å². The molecule has 0 aliphatic heterocycles. The maximum Gasteiger partial charge on any atom is 0.306 e. The van der Waals surface area contributed by atoms with Crippen LogP contribution in [0.1, 0.15) is 29.5 Å². The number of hydrogen-bond acceptors (Lipinski definition) is 5. The first-order valence-electron chi connectivity index (χ1n) is 11.0. The monoisotopic (exact) mass is 460 g/mol. The van der Waals surface area contributed by atoms with E-state index in [1.165, 1.54) is 0 Å². The Hall–Kier alpha value is -4.13. The standard InChI is InChI=1S/C27H28N2O5/c1-18-7-9-21(10-8-18)29-25(31)17-33-26(32)16-15-24(30)28-22-11-13-23(14-12-22)34-27-19(2)5-4-6-20(27)3/h4-14H,15-17H2,1-3H3,(H,28,30)(H,29,31). The summed E-state index contributed by atoms with van der Waals surface area (Å²) >= 11 is 0. The molecule has 3 rings (SSSR count). The lowest BCUT2D eigenvalue weighted by Crippen LogP contribution is -2.21. The van der Waals surface area contributed by atoms with Crippen LogP contribution in [0.3, 0.4) is 0 Å². The molecule has 0 radical (unpaired) electrons. The molecule has 7 nitrogen and oxygen atoms in total. The molecule has 0 aromatic heterocycles. The number of esters is 1. The van der Waals surface area contributed by atoms with Crippen molar-refractivity contribution in [2.24, 2.45) is 0 Å². The molecule has 0 saturated carbocycles. The zero-order valence-corrected chi connectivity index (χ0v) is 19.5. The minimum absolute atomic E-state index is 0.0565. The maximum absolute atomic E-state index is 12.2. The van der Waals surface area contributed by atoms with Gasteiger partial charge in [0.2, 0.25) is 5.91 Å². The largest absolute Gasteiger partial charge is 0.457 e. The van der Waals surface area contributed by atoms with Crippen LogP contribution in [0, 0.1) is 20.8 Å². The Kier molecular flexibility index (Phi) is 8.40. The molecule has 0 heterocycles. The molecule has 0 fully saturated rings. The van der Waals surface area contributed by atoms with Gasteiger partial charge in [0.05, 0.1) is 6.42 Å². The summed E-state index contributed by atoms with van der Waals surface area (Å²) in [6.07, 6.45) is -0.184. The van der Waals surface area contributed by atoms with Gasteiger partial charge in [0, 0.05) is 17.8 Å². The van der Waals surface area contributed by atoms with Crippen LogP contribution in [-0.4, -0.2) is 24.4 Å². The number of amides is 2. The lowest BCUT2D eigenvalue weighted by molar-refractivity contribution is -0.147. The first kappa shape index (κ1) is 24.5. The van der Waals surface area contributed by atoms with E-state index in [-0.39, 0.29) is 18.7 Å². The molecule has 0 bridgehead atoms. The predicted octanol–water partition coefficient (Wildman–Crippen LogP) is 5.30. The zero-order valence-electron chi connectivity index (χ0n) is 19.5. The summed E-state index contributed by atoms with van der Waals surface area (Å²) in [7, 11) is 0. The number of carbonyl (C=O) groups excluding carboxylic acids is 3. The van der Waals surface area contributed by atoms with Crippen LogP contribution in [0.5, 0.6) is 11.5 Å². The molecule has 0 unspecified atom stereocenters. The zero-order chi connectivity index (χ0) is 24.5. The molecule has 3 aromatic carbocycles. The topological polar surface area (TPSA) is 93.7 Å². The number of nitrogens with one attached hydrogen (secondary N) is 2. The third-order valence-corrected chi connectivity index (χ3v) is 5.02. The van der Waals surface area contributed by atoms with Gasteiger partial charge in [0.25, 0.3) is 5.91 Å². The van der Waals surface area contributed by atoms with Crippen molar-refractivity contribution in [3.05, 3.63) is 83.4 Å². The Labute approximate surface area is 199 Å². The van der Waals surface area contributed by atoms with Crippen LogP contribution in [0.4, 0.5) is 11.4 Å². The average Bonchev–Trinajstić information content (AvgIpc) is 2.81. The van der Waals surface area contributed by atoms with Crippen LogP contribution in [0.2, 0.25) is 0 Å². The van der Waals surface area contributed by atoms with Crippen molar-refractivity contribution >= 4 is 29.2 Å². The quantitative estimate of drug-likeness (QED) is 0.423. The second-order valence-electron chi connectivity index (χ2n) is 7.97. The van der Waals surface area contributed by atoms with Crippen LogP contribution >= 0.6 is 0 Å². The molecule has 2 N–H and O–H groups in total. The molecule has 0 aliphatic rings. The predicted molar refractivity (Wildman–Crippen MR) is 131 cm³/mol. The van der Waals surface area contributed by atoms with Gasteiger partial charge in [-0.15, -0.1) is 0 Å². The average molecular weight is 461 g/mol. The molecule has 0 aliphatic carbocycles. The van der Waals surface area contributed by atoms with Gasteiger partial charge in [-0.2, -0.15) is 0 Å². The van der Waals surface area contributed by atoms with E-state index >= 15 is 0 Å². The van der Waals surface area contributed by atoms with Crippen LogP contribution in [0.25, 0.3) is 0 Å². The number of hydrogen-bond donors (Lipinski definition) is 2. The van der Waals surface area contributed by atoms with Gasteiger partial charge >= 0.3 is 5.97 Å². The van der Waals surface area contributed by atoms with Crippen molar-refractivity contribution < 1.29 is 23.9 Å². The molecule has 0 saturated heterocycles. The first-order valence-corrected chi connectivity index (χ1v) is 11.0. The second kappa shape index (κ2) is 11.7. The van der Waals surface area contributed by atoms with Gasteiger partial charge in [-0.1, -0.05) is 35.9 Å². The highest BCUT2D eigenvalue weighted by molar-refractivity contribution is 5.94. The van der Waals surface area contributed by atoms with Gasteiger partial charge in [-0.05, 0) is 68.3 Å². The van der Waals surface area contributed by atoms with Gasteiger partial charge < -0.3 is 20.1 Å². The van der Waals surface area contributed by atoms with E-state index in [2.05, 4.69) is 10.6 Å². The Bertz CT molecular complexity index is 1130. The third-order valence-electron chi connectivity index (χ3n) is 5.02. The molecule has 0 atom stereocenters. The summed E-state index contributed by atoms with van der Waals surface area (Å²) in [6, 6.07) is 20.2.